The van der Waals surface area contributed by atoms with Gasteiger partial charge in [0.2, 0.25) is 5.95 Å². The second-order valence-electron chi connectivity index (χ2n) is 4.29. The molecule has 13 heavy (non-hydrogen) atoms. The minimum atomic E-state index is -0.371. The van der Waals surface area contributed by atoms with Crippen molar-refractivity contribution in [2.24, 2.45) is 0 Å². The Labute approximate surface area is 79.0 Å². The molecule has 0 aliphatic heterocycles. The Balaban J connectivity index is 3.16. The van der Waals surface area contributed by atoms with E-state index in [0.29, 0.717) is 0 Å². The van der Waals surface area contributed by atoms with Gasteiger partial charge in [-0.25, -0.2) is 4.98 Å². The molecule has 0 radical (unpaired) electrons. The van der Waals surface area contributed by atoms with Crippen molar-refractivity contribution in [1.82, 2.24) is 4.98 Å². The Hall–Kier alpha value is -0.920. The molecule has 0 N–H and O–H groups in total. The molecule has 1 aromatic rings. The lowest BCUT2D eigenvalue weighted by molar-refractivity contribution is 0.521. The summed E-state index contributed by atoms with van der Waals surface area (Å²) in [5.41, 5.74) is 1.76. The Morgan fingerprint density at radius 1 is 1.31 bits per heavy atom. The van der Waals surface area contributed by atoms with Crippen LogP contribution in [0.3, 0.4) is 0 Å². The van der Waals surface area contributed by atoms with E-state index in [-0.39, 0.29) is 11.4 Å². The molecule has 0 unspecified atom stereocenters. The van der Waals surface area contributed by atoms with Crippen molar-refractivity contribution in [3.8, 4) is 0 Å². The Kier molecular flexibility index (Phi) is 2.69. The van der Waals surface area contributed by atoms with Gasteiger partial charge in [0.1, 0.15) is 0 Å². The molecular formula is C11H16FN. The molecule has 0 saturated heterocycles. The highest BCUT2D eigenvalue weighted by Gasteiger charge is 2.16. The fourth-order valence-corrected chi connectivity index (χ4v) is 1.14. The van der Waals surface area contributed by atoms with E-state index in [1.165, 1.54) is 6.07 Å². The van der Waals surface area contributed by atoms with Crippen LogP contribution in [0.2, 0.25) is 0 Å². The summed E-state index contributed by atoms with van der Waals surface area (Å²) in [6.45, 7) is 8.12. The molecule has 2 heteroatoms. The molecule has 0 aromatic carbocycles. The fourth-order valence-electron chi connectivity index (χ4n) is 1.14. The van der Waals surface area contributed by atoms with E-state index in [2.05, 4.69) is 4.98 Å². The largest absolute Gasteiger partial charge is 0.224 e. The molecule has 0 aliphatic rings. The molecule has 72 valence electrons. The van der Waals surface area contributed by atoms with Crippen LogP contribution in [0.1, 0.15) is 39.0 Å². The first kappa shape index (κ1) is 10.2. The second-order valence-corrected chi connectivity index (χ2v) is 4.29. The maximum Gasteiger partial charge on any atom is 0.213 e. The average Bonchev–Trinajstić information content (AvgIpc) is 2.01. The van der Waals surface area contributed by atoms with Crippen LogP contribution >= 0.6 is 0 Å². The molecule has 1 aromatic heterocycles. The van der Waals surface area contributed by atoms with E-state index in [1.54, 1.807) is 0 Å². The summed E-state index contributed by atoms with van der Waals surface area (Å²) >= 11 is 0. The molecule has 1 nitrogen and oxygen atoms in total. The normalized spacial score (nSPS) is 11.8. The summed E-state index contributed by atoms with van der Waals surface area (Å²) < 4.78 is 13.0. The van der Waals surface area contributed by atoms with Gasteiger partial charge < -0.3 is 0 Å². The molecule has 1 rings (SSSR count). The van der Waals surface area contributed by atoms with Gasteiger partial charge >= 0.3 is 0 Å². The van der Waals surface area contributed by atoms with Crippen molar-refractivity contribution in [3.63, 3.8) is 0 Å². The number of nitrogens with zero attached hydrogens (tertiary/aromatic N) is 1. The van der Waals surface area contributed by atoms with Crippen molar-refractivity contribution in [3.05, 3.63) is 29.3 Å². The van der Waals surface area contributed by atoms with Crippen LogP contribution in [0.25, 0.3) is 0 Å². The number of rotatable bonds is 1. The monoisotopic (exact) mass is 181 g/mol. The van der Waals surface area contributed by atoms with Gasteiger partial charge in [-0.1, -0.05) is 27.7 Å². The first-order valence-corrected chi connectivity index (χ1v) is 4.60. The third-order valence-electron chi connectivity index (χ3n) is 2.03. The average molecular weight is 181 g/mol. The van der Waals surface area contributed by atoms with Crippen LogP contribution in [0.15, 0.2) is 12.1 Å². The Bertz CT molecular complexity index is 299. The van der Waals surface area contributed by atoms with E-state index >= 15 is 0 Å². The number of aryl methyl sites for hydroxylation is 1. The van der Waals surface area contributed by atoms with Gasteiger partial charge in [0.25, 0.3) is 0 Å². The molecule has 0 bridgehead atoms. The zero-order valence-corrected chi connectivity index (χ0v) is 8.69. The van der Waals surface area contributed by atoms with Crippen molar-refractivity contribution >= 4 is 0 Å². The quantitative estimate of drug-likeness (QED) is 0.607. The lowest BCUT2D eigenvalue weighted by Crippen LogP contribution is -2.14. The molecule has 0 atom stereocenters. The zero-order valence-electron chi connectivity index (χ0n) is 8.69. The van der Waals surface area contributed by atoms with E-state index in [9.17, 15) is 4.39 Å². The second kappa shape index (κ2) is 3.44. The van der Waals surface area contributed by atoms with Gasteiger partial charge in [-0.3, -0.25) is 0 Å². The Morgan fingerprint density at radius 2 is 1.92 bits per heavy atom. The van der Waals surface area contributed by atoms with Crippen LogP contribution in [-0.2, 0) is 11.8 Å². The highest BCUT2D eigenvalue weighted by molar-refractivity contribution is 5.21. The third-order valence-corrected chi connectivity index (χ3v) is 2.03. The van der Waals surface area contributed by atoms with Crippen molar-refractivity contribution in [2.45, 2.75) is 39.5 Å². The molecule has 0 saturated carbocycles. The summed E-state index contributed by atoms with van der Waals surface area (Å²) in [5.74, 6) is -0.371. The van der Waals surface area contributed by atoms with Crippen molar-refractivity contribution in [2.75, 3.05) is 0 Å². The van der Waals surface area contributed by atoms with Gasteiger partial charge in [0, 0.05) is 11.1 Å². The van der Waals surface area contributed by atoms with Gasteiger partial charge in [0.05, 0.1) is 0 Å². The minimum Gasteiger partial charge on any atom is -0.224 e. The predicted octanol–water partition coefficient (Wildman–Crippen LogP) is 3.08. The van der Waals surface area contributed by atoms with E-state index in [1.807, 2.05) is 33.8 Å². The minimum absolute atomic E-state index is 0.0774. The van der Waals surface area contributed by atoms with E-state index < -0.39 is 0 Å². The zero-order chi connectivity index (χ0) is 10.1. The van der Waals surface area contributed by atoms with E-state index in [4.69, 9.17) is 0 Å². The molecule has 0 amide bonds. The predicted molar refractivity (Wildman–Crippen MR) is 52.3 cm³/mol. The topological polar surface area (TPSA) is 12.9 Å². The fraction of sp³-hybridized carbons (Fsp3) is 0.545. The molecule has 0 aliphatic carbocycles. The highest BCUT2D eigenvalue weighted by atomic mass is 19.1. The summed E-state index contributed by atoms with van der Waals surface area (Å²) in [6.07, 6.45) is 0.850. The number of pyridine rings is 1. The first-order chi connectivity index (χ1) is 5.93. The summed E-state index contributed by atoms with van der Waals surface area (Å²) in [5, 5.41) is 0. The third kappa shape index (κ3) is 2.51. The Morgan fingerprint density at radius 3 is 2.38 bits per heavy atom. The SMILES string of the molecule is CCc1cc(F)nc(C(C)(C)C)c1. The molecular weight excluding hydrogens is 165 g/mol. The van der Waals surface area contributed by atoms with Gasteiger partial charge in [-0.15, -0.1) is 0 Å². The lowest BCUT2D eigenvalue weighted by atomic mass is 9.90. The van der Waals surface area contributed by atoms with Crippen LogP contribution in [-0.4, -0.2) is 4.98 Å². The van der Waals surface area contributed by atoms with Crippen molar-refractivity contribution in [1.29, 1.82) is 0 Å². The van der Waals surface area contributed by atoms with Gasteiger partial charge in [-0.2, -0.15) is 4.39 Å². The van der Waals surface area contributed by atoms with Crippen LogP contribution < -0.4 is 0 Å². The smallest absolute Gasteiger partial charge is 0.213 e. The summed E-state index contributed by atoms with van der Waals surface area (Å²) in [4.78, 5) is 3.89. The van der Waals surface area contributed by atoms with Gasteiger partial charge in [-0.05, 0) is 24.1 Å². The first-order valence-electron chi connectivity index (χ1n) is 4.60. The number of aromatic nitrogens is 1. The summed E-state index contributed by atoms with van der Waals surface area (Å²) in [6, 6.07) is 3.47. The maximum atomic E-state index is 13.0. The highest BCUT2D eigenvalue weighted by Crippen LogP contribution is 2.21. The standard InChI is InChI=1S/C11H16FN/c1-5-8-6-9(11(2,3)4)13-10(12)7-8/h6-7H,5H2,1-4H3. The van der Waals surface area contributed by atoms with Gasteiger partial charge in [0.15, 0.2) is 0 Å². The van der Waals surface area contributed by atoms with Crippen LogP contribution in [0.4, 0.5) is 4.39 Å². The lowest BCUT2D eigenvalue weighted by Gasteiger charge is -2.18. The van der Waals surface area contributed by atoms with Crippen LogP contribution in [0, 0.1) is 5.95 Å². The molecule has 1 heterocycles. The number of hydrogen-bond donors (Lipinski definition) is 0. The molecule has 0 fully saturated rings. The van der Waals surface area contributed by atoms with Crippen molar-refractivity contribution < 1.29 is 4.39 Å². The maximum absolute atomic E-state index is 13.0. The number of hydrogen-bond acceptors (Lipinski definition) is 1. The summed E-state index contributed by atoms with van der Waals surface area (Å²) in [7, 11) is 0. The number of halogens is 1. The molecule has 0 spiro atoms. The van der Waals surface area contributed by atoms with E-state index in [0.717, 1.165) is 17.7 Å². The van der Waals surface area contributed by atoms with Crippen LogP contribution in [0.5, 0.6) is 0 Å².